The summed E-state index contributed by atoms with van der Waals surface area (Å²) in [7, 11) is 0. The Hall–Kier alpha value is -1.61. The van der Waals surface area contributed by atoms with E-state index >= 15 is 0 Å². The van der Waals surface area contributed by atoms with Crippen LogP contribution in [0.5, 0.6) is 5.75 Å². The van der Waals surface area contributed by atoms with Gasteiger partial charge in [-0.3, -0.25) is 0 Å². The first-order valence-corrected chi connectivity index (χ1v) is 8.41. The average Bonchev–Trinajstić information content (AvgIpc) is 2.54. The lowest BCUT2D eigenvalue weighted by Crippen LogP contribution is -2.30. The predicted octanol–water partition coefficient (Wildman–Crippen LogP) is 4.47. The second-order valence-corrected chi connectivity index (χ2v) is 5.97. The van der Waals surface area contributed by atoms with E-state index in [-0.39, 0.29) is 6.04 Å². The molecule has 2 atom stereocenters. The molecule has 1 heterocycles. The molecule has 2 rings (SSSR count). The molecule has 0 saturated carbocycles. The van der Waals surface area contributed by atoms with Crippen molar-refractivity contribution < 1.29 is 4.74 Å². The summed E-state index contributed by atoms with van der Waals surface area (Å²) in [5, 5.41) is 0. The van der Waals surface area contributed by atoms with Crippen molar-refractivity contribution in [3.63, 3.8) is 0 Å². The molecule has 0 aliphatic carbocycles. The van der Waals surface area contributed by atoms with Crippen molar-refractivity contribution in [2.24, 2.45) is 16.6 Å². The first-order chi connectivity index (χ1) is 10.6. The Labute approximate surface area is 134 Å². The summed E-state index contributed by atoms with van der Waals surface area (Å²) < 4.78 is 6.09. The van der Waals surface area contributed by atoms with Gasteiger partial charge in [0, 0.05) is 17.7 Å². The van der Waals surface area contributed by atoms with Crippen molar-refractivity contribution in [2.75, 3.05) is 0 Å². The van der Waals surface area contributed by atoms with E-state index in [1.54, 1.807) is 0 Å². The topological polar surface area (TPSA) is 47.6 Å². The van der Waals surface area contributed by atoms with E-state index in [0.29, 0.717) is 5.92 Å². The third-order valence-electron chi connectivity index (χ3n) is 4.36. The summed E-state index contributed by atoms with van der Waals surface area (Å²) >= 11 is 0. The first-order valence-electron chi connectivity index (χ1n) is 8.41. The summed E-state index contributed by atoms with van der Waals surface area (Å²) in [6.07, 6.45) is 3.91. The quantitative estimate of drug-likeness (QED) is 0.872. The van der Waals surface area contributed by atoms with Crippen LogP contribution >= 0.6 is 0 Å². The van der Waals surface area contributed by atoms with E-state index in [1.807, 2.05) is 19.1 Å². The Morgan fingerprint density at radius 3 is 2.36 bits per heavy atom. The highest BCUT2D eigenvalue weighted by Crippen LogP contribution is 2.30. The molecule has 0 fully saturated rings. The Kier molecular flexibility index (Phi) is 5.78. The molecule has 1 aromatic rings. The van der Waals surface area contributed by atoms with Crippen LogP contribution in [0.4, 0.5) is 0 Å². The fourth-order valence-electron chi connectivity index (χ4n) is 2.86. The normalized spacial score (nSPS) is 19.9. The van der Waals surface area contributed by atoms with Crippen LogP contribution in [0, 0.1) is 5.92 Å². The molecule has 3 nitrogen and oxygen atoms in total. The number of hydrogen-bond acceptors (Lipinski definition) is 3. The maximum absolute atomic E-state index is 6.11. The molecule has 1 aliphatic rings. The van der Waals surface area contributed by atoms with Crippen LogP contribution in [0.15, 0.2) is 40.5 Å². The van der Waals surface area contributed by atoms with Crippen molar-refractivity contribution in [1.82, 2.24) is 0 Å². The van der Waals surface area contributed by atoms with Gasteiger partial charge in [0.2, 0.25) is 0 Å². The van der Waals surface area contributed by atoms with Gasteiger partial charge in [0.1, 0.15) is 5.75 Å². The zero-order chi connectivity index (χ0) is 16.1. The van der Waals surface area contributed by atoms with Gasteiger partial charge in [0.05, 0.1) is 0 Å². The van der Waals surface area contributed by atoms with Crippen LogP contribution in [0.1, 0.15) is 52.5 Å². The summed E-state index contributed by atoms with van der Waals surface area (Å²) in [6.45, 7) is 8.51. The molecule has 0 saturated heterocycles. The third-order valence-corrected chi connectivity index (χ3v) is 4.36. The lowest BCUT2D eigenvalue weighted by atomic mass is 9.89. The number of aliphatic imine (C=N–C) groups is 1. The first kappa shape index (κ1) is 16.8. The molecule has 22 heavy (non-hydrogen) atoms. The lowest BCUT2D eigenvalue weighted by molar-refractivity contribution is 0.457. The van der Waals surface area contributed by atoms with Crippen LogP contribution in [0.25, 0.3) is 0 Å². The molecular weight excluding hydrogens is 272 g/mol. The van der Waals surface area contributed by atoms with Gasteiger partial charge in [0.25, 0.3) is 0 Å². The molecule has 120 valence electrons. The van der Waals surface area contributed by atoms with Gasteiger partial charge in [0.15, 0.2) is 5.90 Å². The molecule has 2 unspecified atom stereocenters. The van der Waals surface area contributed by atoms with E-state index in [1.165, 1.54) is 11.1 Å². The van der Waals surface area contributed by atoms with E-state index in [2.05, 4.69) is 32.9 Å². The Morgan fingerprint density at radius 1 is 1.18 bits per heavy atom. The van der Waals surface area contributed by atoms with Gasteiger partial charge in [-0.25, -0.2) is 4.99 Å². The van der Waals surface area contributed by atoms with Crippen molar-refractivity contribution in [3.05, 3.63) is 41.1 Å². The van der Waals surface area contributed by atoms with Crippen LogP contribution in [0.3, 0.4) is 0 Å². The summed E-state index contributed by atoms with van der Waals surface area (Å²) in [5.41, 5.74) is 9.81. The number of hydrogen-bond donors (Lipinski definition) is 1. The van der Waals surface area contributed by atoms with Gasteiger partial charge >= 0.3 is 0 Å². The number of allylic oxidation sites excluding steroid dienone is 1. The zero-order valence-corrected chi connectivity index (χ0v) is 14.2. The highest BCUT2D eigenvalue weighted by molar-refractivity contribution is 5.83. The highest BCUT2D eigenvalue weighted by atomic mass is 16.5. The number of nitrogens with two attached hydrogens (primary N) is 1. The van der Waals surface area contributed by atoms with Crippen molar-refractivity contribution in [1.29, 1.82) is 0 Å². The van der Waals surface area contributed by atoms with Gasteiger partial charge < -0.3 is 10.5 Å². The number of aryl methyl sites for hydroxylation is 1. The van der Waals surface area contributed by atoms with E-state index < -0.39 is 0 Å². The van der Waals surface area contributed by atoms with Gasteiger partial charge in [-0.2, -0.15) is 0 Å². The van der Waals surface area contributed by atoms with E-state index in [4.69, 9.17) is 15.5 Å². The molecule has 0 aromatic heterocycles. The fourth-order valence-corrected chi connectivity index (χ4v) is 2.86. The largest absolute Gasteiger partial charge is 0.443 e. The van der Waals surface area contributed by atoms with E-state index in [0.717, 1.165) is 43.0 Å². The second kappa shape index (κ2) is 7.59. The van der Waals surface area contributed by atoms with Crippen LogP contribution in [-0.2, 0) is 6.42 Å². The molecule has 1 aromatic carbocycles. The van der Waals surface area contributed by atoms with Crippen LogP contribution in [0.2, 0.25) is 0 Å². The molecule has 1 aliphatic heterocycles. The highest BCUT2D eigenvalue weighted by Gasteiger charge is 2.26. The van der Waals surface area contributed by atoms with Crippen LogP contribution < -0.4 is 10.5 Å². The summed E-state index contributed by atoms with van der Waals surface area (Å²) in [4.78, 5) is 4.79. The monoisotopic (exact) mass is 300 g/mol. The van der Waals surface area contributed by atoms with E-state index in [9.17, 15) is 0 Å². The molecule has 2 N–H and O–H groups in total. The minimum Gasteiger partial charge on any atom is -0.443 e. The lowest BCUT2D eigenvalue weighted by Gasteiger charge is -2.27. The van der Waals surface area contributed by atoms with Gasteiger partial charge in [-0.1, -0.05) is 32.9 Å². The number of benzene rings is 1. The minimum atomic E-state index is 0.0677. The van der Waals surface area contributed by atoms with Crippen molar-refractivity contribution >= 4 is 5.90 Å². The van der Waals surface area contributed by atoms with Gasteiger partial charge in [-0.05, 0) is 55.9 Å². The number of ether oxygens (including phenoxy) is 1. The molecular formula is C19H28N2O. The number of rotatable bonds is 5. The maximum atomic E-state index is 6.11. The van der Waals surface area contributed by atoms with Crippen molar-refractivity contribution in [2.45, 2.75) is 59.4 Å². The van der Waals surface area contributed by atoms with Crippen LogP contribution in [-0.4, -0.2) is 11.9 Å². The zero-order valence-electron chi connectivity index (χ0n) is 14.2. The van der Waals surface area contributed by atoms with Crippen molar-refractivity contribution in [3.8, 4) is 5.75 Å². The SMILES string of the molecule is CCC1=C(C(C)N)CC(CC)C(Oc2ccc(CC)cc2)=N1. The molecule has 0 amide bonds. The maximum Gasteiger partial charge on any atom is 0.198 e. The fraction of sp³-hybridized carbons (Fsp3) is 0.526. The second-order valence-electron chi connectivity index (χ2n) is 5.97. The van der Waals surface area contributed by atoms with Gasteiger partial charge in [-0.15, -0.1) is 0 Å². The average molecular weight is 300 g/mol. The third kappa shape index (κ3) is 3.77. The molecule has 0 radical (unpaired) electrons. The molecule has 3 heteroatoms. The molecule has 0 bridgehead atoms. The standard InChI is InChI=1S/C19H28N2O/c1-5-14-8-10-16(11-9-14)22-19-15(6-2)12-17(13(4)20)18(7-3)21-19/h8-11,13,15H,5-7,12,20H2,1-4H3. The summed E-state index contributed by atoms with van der Waals surface area (Å²) in [5.74, 6) is 2.03. The minimum absolute atomic E-state index is 0.0677. The Balaban J connectivity index is 2.26. The number of nitrogens with zero attached hydrogens (tertiary/aromatic N) is 1. The summed E-state index contributed by atoms with van der Waals surface area (Å²) in [6, 6.07) is 8.36. The predicted molar refractivity (Wildman–Crippen MR) is 93.2 cm³/mol. The Bertz CT molecular complexity index is 555. The smallest absolute Gasteiger partial charge is 0.198 e. The molecule has 0 spiro atoms. The Morgan fingerprint density at radius 2 is 1.86 bits per heavy atom.